The predicted molar refractivity (Wildman–Crippen MR) is 98.2 cm³/mol. The van der Waals surface area contributed by atoms with E-state index in [1.807, 2.05) is 0 Å². The molecule has 0 aromatic heterocycles. The van der Waals surface area contributed by atoms with Crippen LogP contribution in [0.2, 0.25) is 5.02 Å². The number of urea groups is 1. The second kappa shape index (κ2) is 7.36. The van der Waals surface area contributed by atoms with Gasteiger partial charge in [-0.3, -0.25) is 4.79 Å². The van der Waals surface area contributed by atoms with Gasteiger partial charge in [0.15, 0.2) is 0 Å². The van der Waals surface area contributed by atoms with Gasteiger partial charge in [-0.25, -0.2) is 13.6 Å². The summed E-state index contributed by atoms with van der Waals surface area (Å²) in [6, 6.07) is 7.78. The molecule has 0 aliphatic carbocycles. The van der Waals surface area contributed by atoms with Crippen LogP contribution in [0.5, 0.6) is 0 Å². The van der Waals surface area contributed by atoms with Crippen LogP contribution in [0.1, 0.15) is 18.5 Å². The van der Waals surface area contributed by atoms with Crippen LogP contribution in [0.25, 0.3) is 0 Å². The number of nitrogens with zero attached hydrogens (tertiary/aromatic N) is 1. The zero-order valence-corrected chi connectivity index (χ0v) is 15.3. The second-order valence-corrected chi connectivity index (χ2v) is 6.44. The fraction of sp³-hybridized carbons (Fsp3) is 0.158. The van der Waals surface area contributed by atoms with E-state index in [1.54, 1.807) is 6.92 Å². The van der Waals surface area contributed by atoms with Crippen LogP contribution in [0.4, 0.5) is 19.3 Å². The standard InChI is InChI=1S/C19H16ClF2N3O2/c1-10-15(18(26)23-12-8-6-11(21)7-9-12)17(24-19(27)25(10)2)16-13(20)4-3-5-14(16)22/h3-9,17H,1-2H3,(H,23,26)(H,24,27). The number of carbonyl (C=O) groups is 2. The van der Waals surface area contributed by atoms with E-state index in [1.165, 1.54) is 54.4 Å². The summed E-state index contributed by atoms with van der Waals surface area (Å²) < 4.78 is 27.5. The zero-order valence-electron chi connectivity index (χ0n) is 14.5. The summed E-state index contributed by atoms with van der Waals surface area (Å²) in [7, 11) is 1.50. The highest BCUT2D eigenvalue weighted by atomic mass is 35.5. The first kappa shape index (κ1) is 18.8. The van der Waals surface area contributed by atoms with Gasteiger partial charge in [-0.1, -0.05) is 17.7 Å². The molecule has 5 nitrogen and oxygen atoms in total. The van der Waals surface area contributed by atoms with Gasteiger partial charge in [-0.2, -0.15) is 0 Å². The van der Waals surface area contributed by atoms with Crippen LogP contribution in [0, 0.1) is 11.6 Å². The van der Waals surface area contributed by atoms with Crippen LogP contribution in [0.15, 0.2) is 53.7 Å². The Hall–Kier alpha value is -2.93. The number of nitrogens with one attached hydrogen (secondary N) is 2. The molecule has 1 atom stereocenters. The molecule has 0 spiro atoms. The highest BCUT2D eigenvalue weighted by Gasteiger charge is 2.36. The Morgan fingerprint density at radius 3 is 2.48 bits per heavy atom. The van der Waals surface area contributed by atoms with E-state index in [4.69, 9.17) is 11.6 Å². The lowest BCUT2D eigenvalue weighted by atomic mass is 9.93. The summed E-state index contributed by atoms with van der Waals surface area (Å²) in [6.07, 6.45) is 0. The number of rotatable bonds is 3. The Bertz CT molecular complexity index is 924. The number of halogens is 3. The minimum Gasteiger partial charge on any atom is -0.326 e. The summed E-state index contributed by atoms with van der Waals surface area (Å²) in [5.41, 5.74) is 0.847. The van der Waals surface area contributed by atoms with Gasteiger partial charge in [-0.15, -0.1) is 0 Å². The molecule has 0 radical (unpaired) electrons. The number of hydrogen-bond donors (Lipinski definition) is 2. The second-order valence-electron chi connectivity index (χ2n) is 6.04. The molecule has 8 heteroatoms. The Balaban J connectivity index is 2.05. The molecule has 0 bridgehead atoms. The monoisotopic (exact) mass is 391 g/mol. The number of amides is 3. The predicted octanol–water partition coefficient (Wildman–Crippen LogP) is 4.23. The van der Waals surface area contributed by atoms with Gasteiger partial charge in [-0.05, 0) is 43.3 Å². The third-order valence-electron chi connectivity index (χ3n) is 4.39. The lowest BCUT2D eigenvalue weighted by Crippen LogP contribution is -2.47. The molecule has 1 unspecified atom stereocenters. The number of carbonyl (C=O) groups excluding carboxylic acids is 2. The Morgan fingerprint density at radius 2 is 1.85 bits per heavy atom. The number of anilines is 1. The van der Waals surface area contributed by atoms with Crippen molar-refractivity contribution in [2.75, 3.05) is 12.4 Å². The molecule has 3 rings (SSSR count). The summed E-state index contributed by atoms with van der Waals surface area (Å²) in [5, 5.41) is 5.33. The molecular formula is C19H16ClF2N3O2. The molecule has 2 aromatic carbocycles. The van der Waals surface area contributed by atoms with Crippen molar-refractivity contribution in [3.8, 4) is 0 Å². The maximum atomic E-state index is 14.4. The van der Waals surface area contributed by atoms with E-state index in [9.17, 15) is 18.4 Å². The Morgan fingerprint density at radius 1 is 1.19 bits per heavy atom. The molecule has 2 aromatic rings. The lowest BCUT2D eigenvalue weighted by molar-refractivity contribution is -0.113. The molecule has 0 saturated carbocycles. The van der Waals surface area contributed by atoms with E-state index in [2.05, 4.69) is 10.6 Å². The van der Waals surface area contributed by atoms with Gasteiger partial charge in [0.25, 0.3) is 5.91 Å². The minimum absolute atomic E-state index is 0.00391. The Labute approximate surface area is 159 Å². The van der Waals surface area contributed by atoms with Gasteiger partial charge >= 0.3 is 6.03 Å². The van der Waals surface area contributed by atoms with Crippen molar-refractivity contribution in [1.29, 1.82) is 0 Å². The first-order valence-electron chi connectivity index (χ1n) is 8.05. The van der Waals surface area contributed by atoms with Crippen molar-refractivity contribution in [3.63, 3.8) is 0 Å². The van der Waals surface area contributed by atoms with E-state index in [-0.39, 0.29) is 16.2 Å². The van der Waals surface area contributed by atoms with E-state index in [0.29, 0.717) is 11.4 Å². The van der Waals surface area contributed by atoms with Crippen molar-refractivity contribution in [3.05, 3.63) is 76.0 Å². The summed E-state index contributed by atoms with van der Waals surface area (Å²) in [6.45, 7) is 1.58. The van der Waals surface area contributed by atoms with Crippen LogP contribution < -0.4 is 10.6 Å². The largest absolute Gasteiger partial charge is 0.326 e. The maximum Gasteiger partial charge on any atom is 0.322 e. The smallest absolute Gasteiger partial charge is 0.322 e. The van der Waals surface area contributed by atoms with Crippen LogP contribution >= 0.6 is 11.6 Å². The highest BCUT2D eigenvalue weighted by molar-refractivity contribution is 6.31. The molecule has 27 heavy (non-hydrogen) atoms. The van der Waals surface area contributed by atoms with Crippen molar-refractivity contribution in [1.82, 2.24) is 10.2 Å². The van der Waals surface area contributed by atoms with Crippen molar-refractivity contribution in [2.24, 2.45) is 0 Å². The number of hydrogen-bond acceptors (Lipinski definition) is 2. The summed E-state index contributed by atoms with van der Waals surface area (Å²) in [4.78, 5) is 26.4. The van der Waals surface area contributed by atoms with Gasteiger partial charge < -0.3 is 15.5 Å². The molecule has 1 heterocycles. The van der Waals surface area contributed by atoms with E-state index < -0.39 is 29.6 Å². The molecule has 2 N–H and O–H groups in total. The Kier molecular flexibility index (Phi) is 5.14. The maximum absolute atomic E-state index is 14.4. The molecule has 140 valence electrons. The average Bonchev–Trinajstić information content (AvgIpc) is 2.61. The van der Waals surface area contributed by atoms with Crippen LogP contribution in [0.3, 0.4) is 0 Å². The third-order valence-corrected chi connectivity index (χ3v) is 4.72. The van der Waals surface area contributed by atoms with Crippen LogP contribution in [-0.4, -0.2) is 23.9 Å². The fourth-order valence-electron chi connectivity index (χ4n) is 2.86. The lowest BCUT2D eigenvalue weighted by Gasteiger charge is -2.34. The third kappa shape index (κ3) is 3.64. The van der Waals surface area contributed by atoms with Gasteiger partial charge in [0.05, 0.1) is 11.6 Å². The highest BCUT2D eigenvalue weighted by Crippen LogP contribution is 2.35. The first-order valence-corrected chi connectivity index (χ1v) is 8.43. The van der Waals surface area contributed by atoms with Gasteiger partial charge in [0.1, 0.15) is 11.6 Å². The van der Waals surface area contributed by atoms with Gasteiger partial charge in [0, 0.05) is 29.0 Å². The number of benzene rings is 2. The topological polar surface area (TPSA) is 61.4 Å². The quantitative estimate of drug-likeness (QED) is 0.822. The molecule has 3 amide bonds. The van der Waals surface area contributed by atoms with Crippen LogP contribution in [-0.2, 0) is 4.79 Å². The number of allylic oxidation sites excluding steroid dienone is 1. The summed E-state index contributed by atoms with van der Waals surface area (Å²) >= 11 is 6.14. The molecule has 1 aliphatic heterocycles. The zero-order chi connectivity index (χ0) is 19.7. The fourth-order valence-corrected chi connectivity index (χ4v) is 3.14. The molecule has 1 aliphatic rings. The SMILES string of the molecule is CC1=C(C(=O)Nc2ccc(F)cc2)C(c2c(F)cccc2Cl)NC(=O)N1C. The normalized spacial score (nSPS) is 17.0. The molecule has 0 saturated heterocycles. The van der Waals surface area contributed by atoms with Crippen molar-refractivity contribution in [2.45, 2.75) is 13.0 Å². The average molecular weight is 392 g/mol. The van der Waals surface area contributed by atoms with Crippen molar-refractivity contribution < 1.29 is 18.4 Å². The van der Waals surface area contributed by atoms with Gasteiger partial charge in [0.2, 0.25) is 0 Å². The minimum atomic E-state index is -1.07. The molecular weight excluding hydrogens is 376 g/mol. The van der Waals surface area contributed by atoms with Crippen molar-refractivity contribution >= 4 is 29.2 Å². The van der Waals surface area contributed by atoms with E-state index >= 15 is 0 Å². The first-order chi connectivity index (χ1) is 12.8. The summed E-state index contributed by atoms with van der Waals surface area (Å²) in [5.74, 6) is -1.64. The van der Waals surface area contributed by atoms with E-state index in [0.717, 1.165) is 0 Å². The molecule has 0 fully saturated rings.